The smallest absolute Gasteiger partial charge is 0.119 e. The molecule has 2 heteroatoms. The molecule has 2 rings (SSSR count). The van der Waals surface area contributed by atoms with Gasteiger partial charge in [0, 0.05) is 5.69 Å². The Morgan fingerprint density at radius 1 is 1.16 bits per heavy atom. The molecule has 98 valence electrons. The molecule has 0 aromatic heterocycles. The number of nitrogens with one attached hydrogen (secondary N) is 1. The third-order valence-electron chi connectivity index (χ3n) is 3.01. The monoisotopic (exact) mass is 253 g/mol. The molecule has 0 saturated heterocycles. The fraction of sp³-hybridized carbons (Fsp3) is 0.176. The molecule has 0 bridgehead atoms. The van der Waals surface area contributed by atoms with E-state index in [1.807, 2.05) is 36.4 Å². The highest BCUT2D eigenvalue weighted by Crippen LogP contribution is 2.25. The lowest BCUT2D eigenvalue weighted by molar-refractivity contribution is 0.414. The third kappa shape index (κ3) is 3.62. The molecule has 19 heavy (non-hydrogen) atoms. The molecule has 0 amide bonds. The fourth-order valence-corrected chi connectivity index (χ4v) is 2.04. The molecule has 0 saturated carbocycles. The zero-order valence-electron chi connectivity index (χ0n) is 11.2. The molecule has 1 unspecified atom stereocenters. The average molecular weight is 253 g/mol. The number of hydrogen-bond donors (Lipinski definition) is 1. The third-order valence-corrected chi connectivity index (χ3v) is 3.01. The molecule has 0 radical (unpaired) electrons. The van der Waals surface area contributed by atoms with Gasteiger partial charge in [-0.2, -0.15) is 0 Å². The van der Waals surface area contributed by atoms with Crippen molar-refractivity contribution in [3.8, 4) is 5.75 Å². The topological polar surface area (TPSA) is 21.3 Å². The van der Waals surface area contributed by atoms with Crippen LogP contribution in [-0.2, 0) is 0 Å². The van der Waals surface area contributed by atoms with E-state index in [2.05, 4.69) is 36.2 Å². The van der Waals surface area contributed by atoms with Gasteiger partial charge >= 0.3 is 0 Å². The highest BCUT2D eigenvalue weighted by molar-refractivity contribution is 5.46. The van der Waals surface area contributed by atoms with E-state index < -0.39 is 0 Å². The number of ether oxygens (including phenoxy) is 1. The molecular formula is C17H19NO. The maximum Gasteiger partial charge on any atom is 0.119 e. The molecule has 1 N–H and O–H groups in total. The highest BCUT2D eigenvalue weighted by Gasteiger charge is 2.10. The second kappa shape index (κ2) is 6.64. The Labute approximate surface area is 114 Å². The van der Waals surface area contributed by atoms with Gasteiger partial charge in [-0.3, -0.25) is 0 Å². The molecule has 0 spiro atoms. The predicted octanol–water partition coefficient (Wildman–Crippen LogP) is 4.42. The molecule has 1 atom stereocenters. The normalized spacial score (nSPS) is 11.6. The standard InChI is InChI=1S/C17H19NO/c1-3-8-17(18-15-10-5-4-6-11-15)14-9-7-12-16(13-14)19-2/h3-7,9-13,17-18H,1,8H2,2H3. The number of benzene rings is 2. The lowest BCUT2D eigenvalue weighted by atomic mass is 10.0. The summed E-state index contributed by atoms with van der Waals surface area (Å²) in [5.41, 5.74) is 2.31. The Morgan fingerprint density at radius 2 is 1.95 bits per heavy atom. The SMILES string of the molecule is C=CCC(Nc1ccccc1)c1cccc(OC)c1. The second-order valence-electron chi connectivity index (χ2n) is 4.36. The van der Waals surface area contributed by atoms with Gasteiger partial charge in [-0.25, -0.2) is 0 Å². The first-order chi connectivity index (χ1) is 9.33. The highest BCUT2D eigenvalue weighted by atomic mass is 16.5. The van der Waals surface area contributed by atoms with Crippen molar-refractivity contribution in [2.24, 2.45) is 0 Å². The number of para-hydroxylation sites is 1. The van der Waals surface area contributed by atoms with Crippen molar-refractivity contribution in [2.45, 2.75) is 12.5 Å². The van der Waals surface area contributed by atoms with Gasteiger partial charge in [0.15, 0.2) is 0 Å². The molecule has 2 nitrogen and oxygen atoms in total. The summed E-state index contributed by atoms with van der Waals surface area (Å²) in [4.78, 5) is 0. The van der Waals surface area contributed by atoms with E-state index >= 15 is 0 Å². The lowest BCUT2D eigenvalue weighted by Crippen LogP contribution is -2.09. The number of hydrogen-bond acceptors (Lipinski definition) is 2. The molecule has 0 heterocycles. The van der Waals surface area contributed by atoms with E-state index in [9.17, 15) is 0 Å². The van der Waals surface area contributed by atoms with E-state index in [-0.39, 0.29) is 6.04 Å². The van der Waals surface area contributed by atoms with Gasteiger partial charge in [-0.05, 0) is 36.2 Å². The number of methoxy groups -OCH3 is 1. The van der Waals surface area contributed by atoms with Crippen LogP contribution in [0.4, 0.5) is 5.69 Å². The van der Waals surface area contributed by atoms with Crippen LogP contribution in [0.3, 0.4) is 0 Å². The summed E-state index contributed by atoms with van der Waals surface area (Å²) in [6.07, 6.45) is 2.79. The van der Waals surface area contributed by atoms with Gasteiger partial charge in [-0.15, -0.1) is 6.58 Å². The molecule has 0 aliphatic heterocycles. The van der Waals surface area contributed by atoms with E-state index in [0.717, 1.165) is 17.9 Å². The minimum absolute atomic E-state index is 0.204. The Bertz CT molecular complexity index is 522. The van der Waals surface area contributed by atoms with Crippen molar-refractivity contribution in [2.75, 3.05) is 12.4 Å². The Kier molecular flexibility index (Phi) is 4.62. The second-order valence-corrected chi connectivity index (χ2v) is 4.36. The number of rotatable bonds is 6. The van der Waals surface area contributed by atoms with Gasteiger partial charge < -0.3 is 10.1 Å². The summed E-state index contributed by atoms with van der Waals surface area (Å²) in [5, 5.41) is 3.52. The summed E-state index contributed by atoms with van der Waals surface area (Å²) in [6, 6.07) is 18.5. The van der Waals surface area contributed by atoms with E-state index in [1.165, 1.54) is 5.56 Å². The van der Waals surface area contributed by atoms with E-state index in [0.29, 0.717) is 0 Å². The largest absolute Gasteiger partial charge is 0.497 e. The van der Waals surface area contributed by atoms with Crippen LogP contribution in [0.5, 0.6) is 5.75 Å². The van der Waals surface area contributed by atoms with Crippen molar-refractivity contribution < 1.29 is 4.74 Å². The summed E-state index contributed by atoms with van der Waals surface area (Å²) in [7, 11) is 1.69. The van der Waals surface area contributed by atoms with Crippen LogP contribution in [0.15, 0.2) is 67.3 Å². The number of anilines is 1. The fourth-order valence-electron chi connectivity index (χ4n) is 2.04. The van der Waals surface area contributed by atoms with Crippen molar-refractivity contribution >= 4 is 5.69 Å². The van der Waals surface area contributed by atoms with Crippen molar-refractivity contribution in [3.05, 3.63) is 72.8 Å². The first kappa shape index (κ1) is 13.2. The predicted molar refractivity (Wildman–Crippen MR) is 80.6 cm³/mol. The zero-order chi connectivity index (χ0) is 13.5. The molecule has 0 fully saturated rings. The van der Waals surface area contributed by atoms with Crippen LogP contribution in [0.1, 0.15) is 18.0 Å². The van der Waals surface area contributed by atoms with Crippen LogP contribution < -0.4 is 10.1 Å². The zero-order valence-corrected chi connectivity index (χ0v) is 11.2. The summed E-state index contributed by atoms with van der Waals surface area (Å²) >= 11 is 0. The first-order valence-electron chi connectivity index (χ1n) is 6.40. The van der Waals surface area contributed by atoms with Crippen LogP contribution in [0.25, 0.3) is 0 Å². The van der Waals surface area contributed by atoms with Crippen molar-refractivity contribution in [3.63, 3.8) is 0 Å². The van der Waals surface area contributed by atoms with E-state index in [4.69, 9.17) is 4.74 Å². The molecule has 0 aliphatic rings. The molecular weight excluding hydrogens is 234 g/mol. The van der Waals surface area contributed by atoms with Gasteiger partial charge in [0.05, 0.1) is 13.2 Å². The first-order valence-corrected chi connectivity index (χ1v) is 6.40. The van der Waals surface area contributed by atoms with Gasteiger partial charge in [0.2, 0.25) is 0 Å². The van der Waals surface area contributed by atoms with Crippen LogP contribution in [0, 0.1) is 0 Å². The van der Waals surface area contributed by atoms with Crippen LogP contribution in [0.2, 0.25) is 0 Å². The van der Waals surface area contributed by atoms with Crippen LogP contribution in [-0.4, -0.2) is 7.11 Å². The molecule has 2 aromatic rings. The van der Waals surface area contributed by atoms with Crippen molar-refractivity contribution in [1.29, 1.82) is 0 Å². The summed E-state index contributed by atoms with van der Waals surface area (Å²) in [6.45, 7) is 3.84. The van der Waals surface area contributed by atoms with Crippen molar-refractivity contribution in [1.82, 2.24) is 0 Å². The lowest BCUT2D eigenvalue weighted by Gasteiger charge is -2.19. The maximum atomic E-state index is 5.28. The molecule has 0 aliphatic carbocycles. The minimum atomic E-state index is 0.204. The van der Waals surface area contributed by atoms with Gasteiger partial charge in [0.25, 0.3) is 0 Å². The Morgan fingerprint density at radius 3 is 2.63 bits per heavy atom. The minimum Gasteiger partial charge on any atom is -0.497 e. The summed E-state index contributed by atoms with van der Waals surface area (Å²) in [5.74, 6) is 0.876. The molecule has 2 aromatic carbocycles. The van der Waals surface area contributed by atoms with Crippen LogP contribution >= 0.6 is 0 Å². The Hall–Kier alpha value is -2.22. The van der Waals surface area contributed by atoms with E-state index in [1.54, 1.807) is 7.11 Å². The van der Waals surface area contributed by atoms with Gasteiger partial charge in [0.1, 0.15) is 5.75 Å². The van der Waals surface area contributed by atoms with Gasteiger partial charge in [-0.1, -0.05) is 36.4 Å². The average Bonchev–Trinajstić information content (AvgIpc) is 2.48. The summed E-state index contributed by atoms with van der Waals surface area (Å²) < 4.78 is 5.28. The maximum absolute atomic E-state index is 5.28. The quantitative estimate of drug-likeness (QED) is 0.769. The Balaban J connectivity index is 2.21.